The van der Waals surface area contributed by atoms with Gasteiger partial charge in [0.25, 0.3) is 0 Å². The van der Waals surface area contributed by atoms with Crippen molar-refractivity contribution in [2.24, 2.45) is 5.73 Å². The Labute approximate surface area is 88.0 Å². The summed E-state index contributed by atoms with van der Waals surface area (Å²) < 4.78 is 1.64. The fraction of sp³-hybridized carbons (Fsp3) is 0.250. The Kier molecular flexibility index (Phi) is 3.55. The van der Waals surface area contributed by atoms with Crippen molar-refractivity contribution in [3.63, 3.8) is 0 Å². The largest absolute Gasteiger partial charge is 0.506 e. The van der Waals surface area contributed by atoms with Crippen LogP contribution in [0.15, 0.2) is 21.1 Å². The van der Waals surface area contributed by atoms with Gasteiger partial charge in [0, 0.05) is 4.47 Å². The summed E-state index contributed by atoms with van der Waals surface area (Å²) in [7, 11) is 0. The van der Waals surface area contributed by atoms with Gasteiger partial charge in [-0.1, -0.05) is 15.9 Å². The molecule has 0 unspecified atom stereocenters. The van der Waals surface area contributed by atoms with Crippen molar-refractivity contribution in [1.29, 1.82) is 0 Å². The second-order valence-corrected chi connectivity index (χ2v) is 4.20. The highest BCUT2D eigenvalue weighted by molar-refractivity contribution is 9.11. The minimum atomic E-state index is 0.281. The highest BCUT2D eigenvalue weighted by Crippen LogP contribution is 2.31. The minimum absolute atomic E-state index is 0.281. The van der Waals surface area contributed by atoms with Crippen molar-refractivity contribution in [3.8, 4) is 5.75 Å². The third-order valence-corrected chi connectivity index (χ3v) is 2.58. The molecule has 4 heteroatoms. The van der Waals surface area contributed by atoms with E-state index in [1.165, 1.54) is 0 Å². The minimum Gasteiger partial charge on any atom is -0.506 e. The fourth-order valence-electron chi connectivity index (χ4n) is 0.965. The normalized spacial score (nSPS) is 10.2. The monoisotopic (exact) mass is 293 g/mol. The highest BCUT2D eigenvalue weighted by atomic mass is 79.9. The van der Waals surface area contributed by atoms with E-state index in [0.29, 0.717) is 17.4 Å². The summed E-state index contributed by atoms with van der Waals surface area (Å²) in [5.74, 6) is 0.281. The topological polar surface area (TPSA) is 46.2 Å². The number of benzene rings is 1. The summed E-state index contributed by atoms with van der Waals surface area (Å²) in [6.07, 6.45) is 0.684. The van der Waals surface area contributed by atoms with Crippen LogP contribution in [0.2, 0.25) is 0 Å². The third kappa shape index (κ3) is 2.21. The van der Waals surface area contributed by atoms with Crippen LogP contribution >= 0.6 is 31.9 Å². The first-order chi connectivity index (χ1) is 5.65. The summed E-state index contributed by atoms with van der Waals surface area (Å²) in [4.78, 5) is 0. The number of phenolic OH excluding ortho intramolecular Hbond substituents is 1. The molecule has 0 spiro atoms. The first-order valence-electron chi connectivity index (χ1n) is 3.52. The molecule has 0 radical (unpaired) electrons. The molecule has 0 saturated heterocycles. The van der Waals surface area contributed by atoms with Crippen molar-refractivity contribution in [1.82, 2.24) is 0 Å². The van der Waals surface area contributed by atoms with E-state index in [9.17, 15) is 5.11 Å². The number of nitrogens with two attached hydrogens (primary N) is 1. The lowest BCUT2D eigenvalue weighted by molar-refractivity contribution is 0.464. The Hall–Kier alpha value is -0.0600. The smallest absolute Gasteiger partial charge is 0.133 e. The van der Waals surface area contributed by atoms with Crippen molar-refractivity contribution >= 4 is 31.9 Å². The number of phenols is 1. The molecule has 12 heavy (non-hydrogen) atoms. The van der Waals surface area contributed by atoms with Crippen LogP contribution in [0.5, 0.6) is 5.75 Å². The SMILES string of the molecule is NCCc1cc(Br)cc(Br)c1O. The van der Waals surface area contributed by atoms with E-state index < -0.39 is 0 Å². The molecule has 0 aliphatic heterocycles. The Morgan fingerprint density at radius 2 is 2.00 bits per heavy atom. The number of halogens is 2. The van der Waals surface area contributed by atoms with E-state index in [1.54, 1.807) is 6.07 Å². The molecule has 0 atom stereocenters. The van der Waals surface area contributed by atoms with Gasteiger partial charge in [-0.25, -0.2) is 0 Å². The van der Waals surface area contributed by atoms with E-state index in [1.807, 2.05) is 6.07 Å². The zero-order valence-electron chi connectivity index (χ0n) is 6.35. The lowest BCUT2D eigenvalue weighted by Crippen LogP contribution is -2.02. The Bertz CT molecular complexity index is 289. The zero-order chi connectivity index (χ0) is 9.14. The molecular weight excluding hydrogens is 286 g/mol. The summed E-state index contributed by atoms with van der Waals surface area (Å²) in [5, 5.41) is 9.53. The van der Waals surface area contributed by atoms with Gasteiger partial charge >= 0.3 is 0 Å². The van der Waals surface area contributed by atoms with Gasteiger partial charge < -0.3 is 10.8 Å². The lowest BCUT2D eigenvalue weighted by Gasteiger charge is -2.05. The molecule has 0 amide bonds. The van der Waals surface area contributed by atoms with Crippen LogP contribution in [-0.4, -0.2) is 11.7 Å². The maximum absolute atomic E-state index is 9.53. The van der Waals surface area contributed by atoms with Gasteiger partial charge in [-0.3, -0.25) is 0 Å². The zero-order valence-corrected chi connectivity index (χ0v) is 9.52. The molecule has 0 heterocycles. The maximum atomic E-state index is 9.53. The molecule has 0 aliphatic rings. The molecule has 0 aliphatic carbocycles. The Morgan fingerprint density at radius 3 is 2.58 bits per heavy atom. The van der Waals surface area contributed by atoms with Crippen LogP contribution in [0.4, 0.5) is 0 Å². The number of rotatable bonds is 2. The second-order valence-electron chi connectivity index (χ2n) is 2.43. The van der Waals surface area contributed by atoms with Crippen LogP contribution in [0, 0.1) is 0 Å². The molecule has 66 valence electrons. The number of hydrogen-bond donors (Lipinski definition) is 2. The molecule has 0 bridgehead atoms. The van der Waals surface area contributed by atoms with Crippen LogP contribution < -0.4 is 5.73 Å². The first-order valence-corrected chi connectivity index (χ1v) is 5.10. The Morgan fingerprint density at radius 1 is 1.33 bits per heavy atom. The number of aromatic hydroxyl groups is 1. The molecule has 0 saturated carbocycles. The molecule has 2 nitrogen and oxygen atoms in total. The maximum Gasteiger partial charge on any atom is 0.133 e. The van der Waals surface area contributed by atoms with Gasteiger partial charge in [0.1, 0.15) is 5.75 Å². The molecular formula is C8H9Br2NO. The first kappa shape index (κ1) is 10.0. The quantitative estimate of drug-likeness (QED) is 0.880. The second kappa shape index (κ2) is 4.25. The summed E-state index contributed by atoms with van der Waals surface area (Å²) >= 11 is 6.58. The van der Waals surface area contributed by atoms with Crippen LogP contribution in [0.1, 0.15) is 5.56 Å². The van der Waals surface area contributed by atoms with E-state index >= 15 is 0 Å². The highest BCUT2D eigenvalue weighted by Gasteiger charge is 2.05. The standard InChI is InChI=1S/C8H9Br2NO/c9-6-3-5(1-2-11)8(12)7(10)4-6/h3-4,12H,1-2,11H2. The Balaban J connectivity index is 3.09. The molecule has 0 fully saturated rings. The van der Waals surface area contributed by atoms with Crippen molar-refractivity contribution < 1.29 is 5.11 Å². The van der Waals surface area contributed by atoms with Gasteiger partial charge in [0.2, 0.25) is 0 Å². The van der Waals surface area contributed by atoms with E-state index in [2.05, 4.69) is 31.9 Å². The third-order valence-electron chi connectivity index (χ3n) is 1.52. The predicted molar refractivity (Wildman–Crippen MR) is 56.3 cm³/mol. The van der Waals surface area contributed by atoms with Gasteiger partial charge in [0.05, 0.1) is 4.47 Å². The average molecular weight is 295 g/mol. The lowest BCUT2D eigenvalue weighted by atomic mass is 10.1. The van der Waals surface area contributed by atoms with E-state index in [4.69, 9.17) is 5.73 Å². The van der Waals surface area contributed by atoms with E-state index in [-0.39, 0.29) is 5.75 Å². The molecule has 1 aromatic rings. The summed E-state index contributed by atoms with van der Waals surface area (Å²) in [6, 6.07) is 3.67. The van der Waals surface area contributed by atoms with E-state index in [0.717, 1.165) is 10.0 Å². The average Bonchev–Trinajstić information content (AvgIpc) is 2.00. The summed E-state index contributed by atoms with van der Waals surface area (Å²) in [5.41, 5.74) is 6.25. The fourth-order valence-corrected chi connectivity index (χ4v) is 2.28. The van der Waals surface area contributed by atoms with Crippen LogP contribution in [-0.2, 0) is 6.42 Å². The van der Waals surface area contributed by atoms with Crippen molar-refractivity contribution in [2.75, 3.05) is 6.54 Å². The number of hydrogen-bond acceptors (Lipinski definition) is 2. The van der Waals surface area contributed by atoms with Gasteiger partial charge in [-0.15, -0.1) is 0 Å². The van der Waals surface area contributed by atoms with Crippen LogP contribution in [0.25, 0.3) is 0 Å². The molecule has 0 aromatic heterocycles. The molecule has 1 aromatic carbocycles. The summed E-state index contributed by atoms with van der Waals surface area (Å²) in [6.45, 7) is 0.538. The molecule has 1 rings (SSSR count). The van der Waals surface area contributed by atoms with Crippen molar-refractivity contribution in [2.45, 2.75) is 6.42 Å². The predicted octanol–water partition coefficient (Wildman–Crippen LogP) is 2.42. The van der Waals surface area contributed by atoms with Crippen LogP contribution in [0.3, 0.4) is 0 Å². The van der Waals surface area contributed by atoms with Gasteiger partial charge in [-0.2, -0.15) is 0 Å². The van der Waals surface area contributed by atoms with Gasteiger partial charge in [0.15, 0.2) is 0 Å². The van der Waals surface area contributed by atoms with Gasteiger partial charge in [-0.05, 0) is 46.6 Å². The van der Waals surface area contributed by atoms with Crippen molar-refractivity contribution in [3.05, 3.63) is 26.6 Å². The molecule has 3 N–H and O–H groups in total.